The van der Waals surface area contributed by atoms with Gasteiger partial charge in [0.25, 0.3) is 0 Å². The first-order valence-electron chi connectivity index (χ1n) is 10.3. The van der Waals surface area contributed by atoms with Crippen LogP contribution in [0.3, 0.4) is 0 Å². The Morgan fingerprint density at radius 2 is 1.80 bits per heavy atom. The summed E-state index contributed by atoms with van der Waals surface area (Å²) in [6.07, 6.45) is 2.09. The van der Waals surface area contributed by atoms with Crippen LogP contribution in [-0.4, -0.2) is 41.3 Å². The van der Waals surface area contributed by atoms with Crippen LogP contribution in [0.5, 0.6) is 0 Å². The number of likely N-dealkylation sites (tertiary alicyclic amines) is 1. The van der Waals surface area contributed by atoms with Gasteiger partial charge in [-0.1, -0.05) is 35.9 Å². The molecule has 0 saturated carbocycles. The van der Waals surface area contributed by atoms with Crippen LogP contribution < -0.4 is 4.90 Å². The maximum Gasteiger partial charge on any atom is 0.228 e. The van der Waals surface area contributed by atoms with Gasteiger partial charge in [0.2, 0.25) is 11.8 Å². The molecule has 2 fully saturated rings. The van der Waals surface area contributed by atoms with Crippen molar-refractivity contribution in [1.82, 2.24) is 9.88 Å². The second-order valence-electron chi connectivity index (χ2n) is 7.98. The molecule has 5 rings (SSSR count). The lowest BCUT2D eigenvalue weighted by molar-refractivity contribution is -0.136. The van der Waals surface area contributed by atoms with Gasteiger partial charge in [0, 0.05) is 32.0 Å². The Bertz CT molecular complexity index is 1070. The molecule has 7 heteroatoms. The van der Waals surface area contributed by atoms with Gasteiger partial charge in [0.1, 0.15) is 0 Å². The summed E-state index contributed by atoms with van der Waals surface area (Å²) in [5.41, 5.74) is 1.74. The number of hydrogen-bond donors (Lipinski definition) is 0. The third kappa shape index (κ3) is 3.59. The van der Waals surface area contributed by atoms with Gasteiger partial charge in [0.05, 0.1) is 31.9 Å². The Balaban J connectivity index is 1.23. The van der Waals surface area contributed by atoms with Gasteiger partial charge in [-0.05, 0) is 37.1 Å². The second-order valence-corrected chi connectivity index (χ2v) is 9.45. The number of para-hydroxylation sites is 2. The van der Waals surface area contributed by atoms with Crippen LogP contribution in [0.15, 0.2) is 48.5 Å². The van der Waals surface area contributed by atoms with Crippen molar-refractivity contribution in [1.29, 1.82) is 0 Å². The van der Waals surface area contributed by atoms with Gasteiger partial charge in [-0.2, -0.15) is 0 Å². The quantitative estimate of drug-likeness (QED) is 0.594. The number of nitrogens with zero attached hydrogens (tertiary/aromatic N) is 3. The molecule has 5 nitrogen and oxygen atoms in total. The zero-order valence-corrected chi connectivity index (χ0v) is 18.0. The number of hydrogen-bond acceptors (Lipinski definition) is 4. The maximum absolute atomic E-state index is 13.1. The molecule has 2 aromatic carbocycles. The Kier molecular flexibility index (Phi) is 5.21. The number of fused-ring (bicyclic) bond motifs is 1. The van der Waals surface area contributed by atoms with Crippen molar-refractivity contribution < 1.29 is 9.59 Å². The largest absolute Gasteiger partial charge is 0.342 e. The average molecular weight is 440 g/mol. The van der Waals surface area contributed by atoms with E-state index >= 15 is 0 Å². The lowest BCUT2D eigenvalue weighted by Crippen LogP contribution is -2.42. The molecule has 1 aromatic heterocycles. The number of anilines is 1. The van der Waals surface area contributed by atoms with Crippen molar-refractivity contribution in [2.24, 2.45) is 5.92 Å². The van der Waals surface area contributed by atoms with E-state index < -0.39 is 0 Å². The number of halogens is 1. The summed E-state index contributed by atoms with van der Waals surface area (Å²) in [5, 5.41) is 1.71. The maximum atomic E-state index is 13.1. The fourth-order valence-electron chi connectivity index (χ4n) is 4.45. The summed E-state index contributed by atoms with van der Waals surface area (Å²) >= 11 is 8.01. The molecule has 1 unspecified atom stereocenters. The number of carbonyl (C=O) groups excluding carboxylic acids is 2. The van der Waals surface area contributed by atoms with E-state index in [1.54, 1.807) is 22.3 Å². The fourth-order valence-corrected chi connectivity index (χ4v) is 5.82. The molecule has 2 saturated heterocycles. The number of piperidine rings is 1. The van der Waals surface area contributed by atoms with Crippen LogP contribution >= 0.6 is 22.9 Å². The molecular weight excluding hydrogens is 418 g/mol. The molecule has 2 amide bonds. The molecule has 0 radical (unpaired) electrons. The highest BCUT2D eigenvalue weighted by atomic mass is 35.5. The SMILES string of the molecule is O=C(C1CC(=O)N(c2ccccc2Cl)C1)N1CCC(c2nc3ccccc3s2)CC1. The highest BCUT2D eigenvalue weighted by Crippen LogP contribution is 2.35. The van der Waals surface area contributed by atoms with Gasteiger partial charge in [0.15, 0.2) is 0 Å². The van der Waals surface area contributed by atoms with E-state index in [1.165, 1.54) is 9.71 Å². The molecule has 3 heterocycles. The second kappa shape index (κ2) is 8.00. The normalized spacial score (nSPS) is 20.3. The molecule has 1 atom stereocenters. The van der Waals surface area contributed by atoms with Crippen LogP contribution in [-0.2, 0) is 9.59 Å². The van der Waals surface area contributed by atoms with Crippen LogP contribution in [0.2, 0.25) is 5.02 Å². The number of benzene rings is 2. The highest BCUT2D eigenvalue weighted by molar-refractivity contribution is 7.18. The summed E-state index contributed by atoms with van der Waals surface area (Å²) in [6, 6.07) is 15.5. The number of rotatable bonds is 3. The molecule has 30 heavy (non-hydrogen) atoms. The summed E-state index contributed by atoms with van der Waals surface area (Å²) in [6.45, 7) is 1.84. The molecule has 0 aliphatic carbocycles. The van der Waals surface area contributed by atoms with Crippen molar-refractivity contribution in [2.45, 2.75) is 25.2 Å². The zero-order valence-electron chi connectivity index (χ0n) is 16.5. The van der Waals surface area contributed by atoms with Crippen molar-refractivity contribution in [3.05, 3.63) is 58.6 Å². The number of thiazole rings is 1. The number of amides is 2. The van der Waals surface area contributed by atoms with Crippen molar-refractivity contribution >= 4 is 50.7 Å². The van der Waals surface area contributed by atoms with E-state index in [0.717, 1.165) is 31.4 Å². The number of carbonyl (C=O) groups is 2. The first-order valence-corrected chi connectivity index (χ1v) is 11.5. The summed E-state index contributed by atoms with van der Waals surface area (Å²) in [4.78, 5) is 34.0. The van der Waals surface area contributed by atoms with E-state index in [9.17, 15) is 9.59 Å². The molecule has 0 bridgehead atoms. The minimum Gasteiger partial charge on any atom is -0.342 e. The molecule has 3 aromatic rings. The van der Waals surface area contributed by atoms with Crippen LogP contribution in [0.1, 0.15) is 30.2 Å². The van der Waals surface area contributed by atoms with Gasteiger partial charge in [-0.25, -0.2) is 4.98 Å². The third-order valence-electron chi connectivity index (χ3n) is 6.08. The van der Waals surface area contributed by atoms with E-state index in [2.05, 4.69) is 12.1 Å². The first kappa shape index (κ1) is 19.5. The van der Waals surface area contributed by atoms with Gasteiger partial charge >= 0.3 is 0 Å². The lowest BCUT2D eigenvalue weighted by Gasteiger charge is -2.32. The minimum atomic E-state index is -0.298. The summed E-state index contributed by atoms with van der Waals surface area (Å²) in [7, 11) is 0. The predicted molar refractivity (Wildman–Crippen MR) is 120 cm³/mol. The summed E-state index contributed by atoms with van der Waals surface area (Å²) in [5.74, 6) is 0.149. The standard InChI is InChI=1S/C23H22ClN3O2S/c24-17-5-1-3-7-19(17)27-14-16(13-21(27)28)23(29)26-11-9-15(10-12-26)22-25-18-6-2-4-8-20(18)30-22/h1-8,15-16H,9-14H2. The van der Waals surface area contributed by atoms with E-state index in [-0.39, 0.29) is 24.2 Å². The average Bonchev–Trinajstić information content (AvgIpc) is 3.37. The first-order chi connectivity index (χ1) is 14.6. The molecule has 0 spiro atoms. The lowest BCUT2D eigenvalue weighted by atomic mass is 9.96. The molecular formula is C23H22ClN3O2S. The zero-order chi connectivity index (χ0) is 20.7. The van der Waals surface area contributed by atoms with Crippen LogP contribution in [0.25, 0.3) is 10.2 Å². The van der Waals surface area contributed by atoms with Crippen LogP contribution in [0.4, 0.5) is 5.69 Å². The van der Waals surface area contributed by atoms with Crippen molar-refractivity contribution in [2.75, 3.05) is 24.5 Å². The third-order valence-corrected chi connectivity index (χ3v) is 7.60. The minimum absolute atomic E-state index is 0.0363. The van der Waals surface area contributed by atoms with Gasteiger partial charge in [-0.3, -0.25) is 9.59 Å². The van der Waals surface area contributed by atoms with Crippen LogP contribution in [0, 0.1) is 5.92 Å². The monoisotopic (exact) mass is 439 g/mol. The van der Waals surface area contributed by atoms with Crippen molar-refractivity contribution in [3.8, 4) is 0 Å². The Labute approximate surface area is 184 Å². The Morgan fingerprint density at radius 3 is 2.57 bits per heavy atom. The molecule has 154 valence electrons. The fraction of sp³-hybridized carbons (Fsp3) is 0.348. The Hall–Kier alpha value is -2.44. The van der Waals surface area contributed by atoms with E-state index in [0.29, 0.717) is 23.2 Å². The van der Waals surface area contributed by atoms with Gasteiger partial charge in [-0.15, -0.1) is 11.3 Å². The smallest absolute Gasteiger partial charge is 0.228 e. The molecule has 2 aliphatic heterocycles. The predicted octanol–water partition coefficient (Wildman–Crippen LogP) is 4.71. The van der Waals surface area contributed by atoms with Gasteiger partial charge < -0.3 is 9.80 Å². The number of aromatic nitrogens is 1. The van der Waals surface area contributed by atoms with E-state index in [1.807, 2.05) is 35.2 Å². The van der Waals surface area contributed by atoms with Crippen molar-refractivity contribution in [3.63, 3.8) is 0 Å². The topological polar surface area (TPSA) is 53.5 Å². The van der Waals surface area contributed by atoms with E-state index in [4.69, 9.17) is 16.6 Å². The highest BCUT2D eigenvalue weighted by Gasteiger charge is 2.38. The molecule has 0 N–H and O–H groups in total. The Morgan fingerprint density at radius 1 is 1.07 bits per heavy atom. The molecule has 2 aliphatic rings. The summed E-state index contributed by atoms with van der Waals surface area (Å²) < 4.78 is 1.22.